The minimum atomic E-state index is -1.12. The van der Waals surface area contributed by atoms with E-state index in [1.54, 1.807) is 30.3 Å². The zero-order chi connectivity index (χ0) is 24.2. The normalized spacial score (nSPS) is 12.1. The van der Waals surface area contributed by atoms with E-state index in [1.165, 1.54) is 17.0 Å². The van der Waals surface area contributed by atoms with Crippen LogP contribution in [0, 0.1) is 17.6 Å². The van der Waals surface area contributed by atoms with E-state index in [2.05, 4.69) is 25.5 Å². The summed E-state index contributed by atoms with van der Waals surface area (Å²) in [6.45, 7) is 3.83. The summed E-state index contributed by atoms with van der Waals surface area (Å²) in [6, 6.07) is 8.53. The van der Waals surface area contributed by atoms with Gasteiger partial charge in [0.25, 0.3) is 0 Å². The molecule has 9 nitrogen and oxygen atoms in total. The van der Waals surface area contributed by atoms with Gasteiger partial charge < -0.3 is 14.9 Å². The largest absolute Gasteiger partial charge is 0.480 e. The summed E-state index contributed by atoms with van der Waals surface area (Å²) >= 11 is 0. The van der Waals surface area contributed by atoms with Crippen molar-refractivity contribution >= 4 is 11.8 Å². The van der Waals surface area contributed by atoms with E-state index in [1.807, 2.05) is 13.8 Å². The molecule has 0 radical (unpaired) electrons. The molecule has 0 saturated carbocycles. The molecule has 0 bridgehead atoms. The first-order valence-corrected chi connectivity index (χ1v) is 10.6. The number of hydrogen-bond donors (Lipinski definition) is 2. The Labute approximate surface area is 193 Å². The number of nitrogens with one attached hydrogen (secondary N) is 1. The number of carbonyl (C=O) groups is 1. The van der Waals surface area contributed by atoms with Gasteiger partial charge in [0.15, 0.2) is 17.5 Å². The molecule has 1 atom stereocenters. The average molecular weight is 468 g/mol. The third kappa shape index (κ3) is 5.08. The molecule has 0 aliphatic carbocycles. The van der Waals surface area contributed by atoms with E-state index < -0.39 is 17.8 Å². The molecular formula is C23H22F2N6O3. The molecule has 34 heavy (non-hydrogen) atoms. The van der Waals surface area contributed by atoms with Gasteiger partial charge in [0.2, 0.25) is 0 Å². The monoisotopic (exact) mass is 468 g/mol. The number of carboxylic acid groups (broad SMARTS) is 1. The predicted molar refractivity (Wildman–Crippen MR) is 119 cm³/mol. The summed E-state index contributed by atoms with van der Waals surface area (Å²) in [7, 11) is 0. The van der Waals surface area contributed by atoms with Crippen molar-refractivity contribution in [3.8, 4) is 22.9 Å². The lowest BCUT2D eigenvalue weighted by Gasteiger charge is -2.17. The van der Waals surface area contributed by atoms with E-state index in [4.69, 9.17) is 4.52 Å². The summed E-state index contributed by atoms with van der Waals surface area (Å²) < 4.78 is 35.1. The lowest BCUT2D eigenvalue weighted by atomic mass is 10.0. The maximum absolute atomic E-state index is 14.4. The van der Waals surface area contributed by atoms with Crippen LogP contribution in [0.25, 0.3) is 22.9 Å². The summed E-state index contributed by atoms with van der Waals surface area (Å²) in [4.78, 5) is 19.8. The van der Waals surface area contributed by atoms with E-state index >= 15 is 0 Å². The number of nitrogens with zero attached hydrogens (tertiary/aromatic N) is 5. The Hall–Kier alpha value is -4.15. The molecule has 3 aromatic heterocycles. The zero-order valence-corrected chi connectivity index (χ0v) is 18.4. The first kappa shape index (κ1) is 23.0. The molecule has 0 aliphatic heterocycles. The molecule has 176 valence electrons. The third-order valence-corrected chi connectivity index (χ3v) is 5.05. The van der Waals surface area contributed by atoms with Crippen molar-refractivity contribution in [2.45, 2.75) is 32.9 Å². The highest BCUT2D eigenvalue weighted by molar-refractivity contribution is 5.77. The van der Waals surface area contributed by atoms with Gasteiger partial charge in [-0.3, -0.25) is 4.68 Å². The van der Waals surface area contributed by atoms with E-state index in [0.717, 1.165) is 6.20 Å². The quantitative estimate of drug-likeness (QED) is 0.375. The van der Waals surface area contributed by atoms with Gasteiger partial charge in [-0.25, -0.2) is 23.5 Å². The van der Waals surface area contributed by atoms with Crippen LogP contribution in [-0.2, 0) is 11.3 Å². The number of aliphatic carboxylic acids is 1. The fourth-order valence-corrected chi connectivity index (χ4v) is 3.44. The van der Waals surface area contributed by atoms with Gasteiger partial charge in [-0.15, -0.1) is 0 Å². The van der Waals surface area contributed by atoms with Gasteiger partial charge in [-0.05, 0) is 24.5 Å². The molecule has 1 aromatic carbocycles. The SMILES string of the molecule is CC(C)C[C@@H](Nc1nc(-c2cc(-c3ccon3)n(Cc3ccccc3F)n2)ncc1F)C(=O)O. The zero-order valence-electron chi connectivity index (χ0n) is 18.4. The standard InChI is InChI=1S/C23H22F2N6O3/c1-13(2)9-19(23(32)33)27-21-16(25)11-26-22(28-21)18-10-20(17-7-8-34-30-17)31(29-18)12-14-5-3-4-6-15(14)24/h3-8,10-11,13,19H,9,12H2,1-2H3,(H,32,33)(H,26,27,28)/t19-/m1/s1. The molecule has 4 aromatic rings. The lowest BCUT2D eigenvalue weighted by Crippen LogP contribution is -2.31. The van der Waals surface area contributed by atoms with Crippen molar-refractivity contribution in [1.29, 1.82) is 0 Å². The van der Waals surface area contributed by atoms with Gasteiger partial charge in [-0.1, -0.05) is 37.2 Å². The van der Waals surface area contributed by atoms with Crippen molar-refractivity contribution in [1.82, 2.24) is 24.9 Å². The number of rotatable bonds is 9. The second kappa shape index (κ2) is 9.77. The van der Waals surface area contributed by atoms with Crippen molar-refractivity contribution in [2.24, 2.45) is 5.92 Å². The highest BCUT2D eigenvalue weighted by Crippen LogP contribution is 2.26. The molecule has 11 heteroatoms. The topological polar surface area (TPSA) is 119 Å². The van der Waals surface area contributed by atoms with Crippen LogP contribution in [0.1, 0.15) is 25.8 Å². The molecule has 3 heterocycles. The van der Waals surface area contributed by atoms with Crippen LogP contribution in [0.5, 0.6) is 0 Å². The molecule has 0 aliphatic rings. The summed E-state index contributed by atoms with van der Waals surface area (Å²) in [5.74, 6) is -2.41. The van der Waals surface area contributed by atoms with Gasteiger partial charge in [-0.2, -0.15) is 5.10 Å². The van der Waals surface area contributed by atoms with E-state index in [0.29, 0.717) is 17.0 Å². The second-order valence-corrected chi connectivity index (χ2v) is 8.10. The fourth-order valence-electron chi connectivity index (χ4n) is 3.44. The summed E-state index contributed by atoms with van der Waals surface area (Å²) in [5.41, 5.74) is 1.64. The molecule has 0 spiro atoms. The Morgan fingerprint density at radius 3 is 2.65 bits per heavy atom. The number of carboxylic acids is 1. The Kier molecular flexibility index (Phi) is 6.62. The Morgan fingerprint density at radius 1 is 1.18 bits per heavy atom. The number of halogens is 2. The fraction of sp³-hybridized carbons (Fsp3) is 0.261. The molecule has 0 amide bonds. The molecule has 0 fully saturated rings. The Balaban J connectivity index is 1.71. The van der Waals surface area contributed by atoms with Crippen molar-refractivity contribution in [3.63, 3.8) is 0 Å². The average Bonchev–Trinajstić information content (AvgIpc) is 3.46. The minimum absolute atomic E-state index is 0.0645. The lowest BCUT2D eigenvalue weighted by molar-refractivity contribution is -0.138. The first-order valence-electron chi connectivity index (χ1n) is 10.6. The van der Waals surface area contributed by atoms with Gasteiger partial charge >= 0.3 is 5.97 Å². The number of aromatic nitrogens is 5. The molecule has 2 N–H and O–H groups in total. The third-order valence-electron chi connectivity index (χ3n) is 5.05. The van der Waals surface area contributed by atoms with Crippen LogP contribution >= 0.6 is 0 Å². The van der Waals surface area contributed by atoms with Crippen LogP contribution in [0.2, 0.25) is 0 Å². The van der Waals surface area contributed by atoms with Crippen molar-refractivity contribution in [2.75, 3.05) is 5.32 Å². The number of anilines is 1. The molecule has 4 rings (SSSR count). The summed E-state index contributed by atoms with van der Waals surface area (Å²) in [6.07, 6.45) is 2.62. The summed E-state index contributed by atoms with van der Waals surface area (Å²) in [5, 5.41) is 20.5. The van der Waals surface area contributed by atoms with E-state index in [-0.39, 0.29) is 42.0 Å². The van der Waals surface area contributed by atoms with Crippen LogP contribution in [0.15, 0.2) is 53.4 Å². The van der Waals surface area contributed by atoms with Crippen LogP contribution in [0.4, 0.5) is 14.6 Å². The highest BCUT2D eigenvalue weighted by Gasteiger charge is 2.23. The van der Waals surface area contributed by atoms with Gasteiger partial charge in [0, 0.05) is 11.6 Å². The number of hydrogen-bond acceptors (Lipinski definition) is 7. The van der Waals surface area contributed by atoms with Crippen molar-refractivity contribution in [3.05, 3.63) is 66.1 Å². The van der Waals surface area contributed by atoms with Crippen molar-refractivity contribution < 1.29 is 23.2 Å². The number of benzene rings is 1. The van der Waals surface area contributed by atoms with Crippen LogP contribution in [0.3, 0.4) is 0 Å². The highest BCUT2D eigenvalue weighted by atomic mass is 19.1. The van der Waals surface area contributed by atoms with Gasteiger partial charge in [0.05, 0.1) is 18.4 Å². The Morgan fingerprint density at radius 2 is 1.97 bits per heavy atom. The van der Waals surface area contributed by atoms with Gasteiger partial charge in [0.1, 0.15) is 29.5 Å². The van der Waals surface area contributed by atoms with Crippen LogP contribution in [-0.4, -0.2) is 42.0 Å². The first-order chi connectivity index (χ1) is 16.3. The minimum Gasteiger partial charge on any atom is -0.480 e. The maximum Gasteiger partial charge on any atom is 0.326 e. The van der Waals surface area contributed by atoms with Crippen LogP contribution < -0.4 is 5.32 Å². The van der Waals surface area contributed by atoms with E-state index in [9.17, 15) is 18.7 Å². The Bertz CT molecular complexity index is 1290. The maximum atomic E-state index is 14.4. The smallest absolute Gasteiger partial charge is 0.326 e. The molecule has 0 unspecified atom stereocenters. The molecular weight excluding hydrogens is 446 g/mol. The predicted octanol–water partition coefficient (Wildman–Crippen LogP) is 4.23. The second-order valence-electron chi connectivity index (χ2n) is 8.10. The molecule has 0 saturated heterocycles.